The van der Waals surface area contributed by atoms with Gasteiger partial charge in [0.05, 0.1) is 13.3 Å². The average Bonchev–Trinajstić information content (AvgIpc) is 2.62. The highest BCUT2D eigenvalue weighted by Crippen LogP contribution is 2.27. The lowest BCUT2D eigenvalue weighted by atomic mass is 10.1. The highest BCUT2D eigenvalue weighted by molar-refractivity contribution is 6.02. The van der Waals surface area contributed by atoms with E-state index in [1.807, 2.05) is 0 Å². The maximum Gasteiger partial charge on any atom is 0.282 e. The van der Waals surface area contributed by atoms with E-state index >= 15 is 0 Å². The van der Waals surface area contributed by atoms with Crippen molar-refractivity contribution in [2.75, 3.05) is 7.11 Å². The van der Waals surface area contributed by atoms with Gasteiger partial charge in [-0.25, -0.2) is 5.43 Å². The summed E-state index contributed by atoms with van der Waals surface area (Å²) in [5.74, 6) is -0.507. The van der Waals surface area contributed by atoms with Crippen LogP contribution in [-0.4, -0.2) is 29.4 Å². The molecule has 2 rings (SSSR count). The zero-order valence-corrected chi connectivity index (χ0v) is 13.3. The highest BCUT2D eigenvalue weighted by atomic mass is 16.5. The van der Waals surface area contributed by atoms with Gasteiger partial charge in [-0.1, -0.05) is 18.2 Å². The first kappa shape index (κ1) is 17.6. The molecule has 1 amide bonds. The summed E-state index contributed by atoms with van der Waals surface area (Å²) in [5, 5.41) is 32.0. The minimum Gasteiger partial charge on any atom is -0.507 e. The van der Waals surface area contributed by atoms with Gasteiger partial charge in [0.15, 0.2) is 11.5 Å². The van der Waals surface area contributed by atoms with Gasteiger partial charge in [-0.2, -0.15) is 10.4 Å². The average molecular weight is 337 g/mol. The van der Waals surface area contributed by atoms with E-state index in [2.05, 4.69) is 10.5 Å². The molecule has 3 N–H and O–H groups in total. The molecular weight excluding hydrogens is 322 g/mol. The van der Waals surface area contributed by atoms with E-state index in [0.29, 0.717) is 11.1 Å². The number of methoxy groups -OCH3 is 1. The third-order valence-corrected chi connectivity index (χ3v) is 3.19. The molecule has 0 radical (unpaired) electrons. The van der Waals surface area contributed by atoms with Crippen molar-refractivity contribution < 1.29 is 19.7 Å². The Morgan fingerprint density at radius 3 is 2.68 bits per heavy atom. The summed E-state index contributed by atoms with van der Waals surface area (Å²) in [4.78, 5) is 12.0. The number of amides is 1. The molecule has 0 atom stereocenters. The Labute approximate surface area is 144 Å². The maximum absolute atomic E-state index is 12.0. The summed E-state index contributed by atoms with van der Waals surface area (Å²) in [7, 11) is 1.40. The largest absolute Gasteiger partial charge is 0.507 e. The van der Waals surface area contributed by atoms with Gasteiger partial charge in [0.2, 0.25) is 0 Å². The molecular formula is C18H15N3O4. The van der Waals surface area contributed by atoms with Gasteiger partial charge in [0.1, 0.15) is 17.4 Å². The van der Waals surface area contributed by atoms with E-state index in [4.69, 9.17) is 10.00 Å². The molecule has 0 unspecified atom stereocenters. The Bertz CT molecular complexity index is 882. The molecule has 0 spiro atoms. The molecule has 0 aromatic heterocycles. The zero-order chi connectivity index (χ0) is 18.2. The fourth-order valence-electron chi connectivity index (χ4n) is 1.92. The minimum absolute atomic E-state index is 0.0211. The summed E-state index contributed by atoms with van der Waals surface area (Å²) >= 11 is 0. The van der Waals surface area contributed by atoms with Crippen molar-refractivity contribution in [2.45, 2.75) is 0 Å². The van der Waals surface area contributed by atoms with Crippen molar-refractivity contribution in [3.05, 3.63) is 59.2 Å². The van der Waals surface area contributed by atoms with Crippen LogP contribution in [0.3, 0.4) is 0 Å². The van der Waals surface area contributed by atoms with Gasteiger partial charge in [-0.15, -0.1) is 0 Å². The number of nitrogens with one attached hydrogen (secondary N) is 1. The fourth-order valence-corrected chi connectivity index (χ4v) is 1.92. The second-order valence-corrected chi connectivity index (χ2v) is 4.86. The second-order valence-electron chi connectivity index (χ2n) is 4.86. The standard InChI is InChI=1S/C18H15N3O4/c1-25-17-9-12(6-7-16(17)23)8-14(10-19)18(24)21-20-11-13-4-2-3-5-15(13)22/h2-9,11,22-23H,1H3,(H,21,24)/b14-8+,20-11-. The normalized spacial score (nSPS) is 11.1. The van der Waals surface area contributed by atoms with Crippen LogP contribution in [0, 0.1) is 11.3 Å². The molecule has 126 valence electrons. The van der Waals surface area contributed by atoms with E-state index in [1.165, 1.54) is 43.7 Å². The van der Waals surface area contributed by atoms with Gasteiger partial charge in [-0.05, 0) is 35.9 Å². The molecule has 0 fully saturated rings. The lowest BCUT2D eigenvalue weighted by Gasteiger charge is -2.04. The van der Waals surface area contributed by atoms with Crippen LogP contribution in [0.5, 0.6) is 17.2 Å². The summed E-state index contributed by atoms with van der Waals surface area (Å²) in [6.45, 7) is 0. The van der Waals surface area contributed by atoms with Crippen LogP contribution in [0.1, 0.15) is 11.1 Å². The first-order chi connectivity index (χ1) is 12.0. The number of benzene rings is 2. The van der Waals surface area contributed by atoms with E-state index in [9.17, 15) is 15.0 Å². The van der Waals surface area contributed by atoms with Crippen LogP contribution in [0.2, 0.25) is 0 Å². The smallest absolute Gasteiger partial charge is 0.282 e. The number of ether oxygens (including phenoxy) is 1. The van der Waals surface area contributed by atoms with Crippen molar-refractivity contribution in [1.29, 1.82) is 5.26 Å². The molecule has 7 heteroatoms. The first-order valence-corrected chi connectivity index (χ1v) is 7.15. The number of carbonyl (C=O) groups excluding carboxylic acids is 1. The monoisotopic (exact) mass is 337 g/mol. The van der Waals surface area contributed by atoms with Gasteiger partial charge in [0.25, 0.3) is 5.91 Å². The van der Waals surface area contributed by atoms with Gasteiger partial charge in [-0.3, -0.25) is 4.79 Å². The number of carbonyl (C=O) groups is 1. The number of phenols is 2. The fraction of sp³-hybridized carbons (Fsp3) is 0.0556. The van der Waals surface area contributed by atoms with E-state index < -0.39 is 5.91 Å². The Balaban J connectivity index is 2.13. The van der Waals surface area contributed by atoms with E-state index in [-0.39, 0.29) is 22.8 Å². The summed E-state index contributed by atoms with van der Waals surface area (Å²) in [5.41, 5.74) is 2.97. The van der Waals surface area contributed by atoms with Crippen LogP contribution in [0.4, 0.5) is 0 Å². The minimum atomic E-state index is -0.707. The number of hydrazone groups is 1. The predicted octanol–water partition coefficient (Wildman–Crippen LogP) is 2.16. The summed E-state index contributed by atoms with van der Waals surface area (Å²) in [6.07, 6.45) is 2.61. The second kappa shape index (κ2) is 8.17. The number of phenolic OH excluding ortho intramolecular Hbond substituents is 2. The van der Waals surface area contributed by atoms with Crippen molar-refractivity contribution in [3.8, 4) is 23.3 Å². The zero-order valence-electron chi connectivity index (χ0n) is 13.3. The van der Waals surface area contributed by atoms with Crippen molar-refractivity contribution in [2.24, 2.45) is 5.10 Å². The van der Waals surface area contributed by atoms with Crippen LogP contribution in [-0.2, 0) is 4.79 Å². The molecule has 0 aliphatic carbocycles. The van der Waals surface area contributed by atoms with Crippen LogP contribution >= 0.6 is 0 Å². The third kappa shape index (κ3) is 4.59. The molecule has 0 saturated heterocycles. The molecule has 0 saturated carbocycles. The summed E-state index contributed by atoms with van der Waals surface area (Å²) < 4.78 is 4.98. The van der Waals surface area contributed by atoms with Gasteiger partial charge < -0.3 is 14.9 Å². The van der Waals surface area contributed by atoms with E-state index in [0.717, 1.165) is 0 Å². The summed E-state index contributed by atoms with van der Waals surface area (Å²) in [6, 6.07) is 12.7. The number of nitrogens with zero attached hydrogens (tertiary/aromatic N) is 2. The maximum atomic E-state index is 12.0. The molecule has 0 aliphatic heterocycles. The lowest BCUT2D eigenvalue weighted by Crippen LogP contribution is -2.19. The first-order valence-electron chi connectivity index (χ1n) is 7.15. The Hall–Kier alpha value is -3.79. The van der Waals surface area contributed by atoms with E-state index in [1.54, 1.807) is 24.3 Å². The highest BCUT2D eigenvalue weighted by Gasteiger charge is 2.09. The predicted molar refractivity (Wildman–Crippen MR) is 92.1 cm³/mol. The van der Waals surface area contributed by atoms with Crippen molar-refractivity contribution in [1.82, 2.24) is 5.43 Å². The van der Waals surface area contributed by atoms with Crippen molar-refractivity contribution in [3.63, 3.8) is 0 Å². The molecule has 2 aromatic carbocycles. The molecule has 25 heavy (non-hydrogen) atoms. The third-order valence-electron chi connectivity index (χ3n) is 3.19. The number of aromatic hydroxyl groups is 2. The lowest BCUT2D eigenvalue weighted by molar-refractivity contribution is -0.117. The number of hydrogen-bond donors (Lipinski definition) is 3. The van der Waals surface area contributed by atoms with Crippen molar-refractivity contribution >= 4 is 18.2 Å². The molecule has 0 aliphatic rings. The molecule has 7 nitrogen and oxygen atoms in total. The quantitative estimate of drug-likeness (QED) is 0.335. The topological polar surface area (TPSA) is 115 Å². The SMILES string of the molecule is COc1cc(/C=C(\C#N)C(=O)N/N=C\c2ccccc2O)ccc1O. The number of rotatable bonds is 5. The molecule has 2 aromatic rings. The van der Waals surface area contributed by atoms with Crippen LogP contribution in [0.25, 0.3) is 6.08 Å². The molecule has 0 bridgehead atoms. The van der Waals surface area contributed by atoms with Gasteiger partial charge >= 0.3 is 0 Å². The Morgan fingerprint density at radius 1 is 1.24 bits per heavy atom. The van der Waals surface area contributed by atoms with Crippen LogP contribution < -0.4 is 10.2 Å². The number of nitriles is 1. The van der Waals surface area contributed by atoms with Crippen LogP contribution in [0.15, 0.2) is 53.1 Å². The number of hydrogen-bond acceptors (Lipinski definition) is 6. The van der Waals surface area contributed by atoms with Gasteiger partial charge in [0, 0.05) is 5.56 Å². The Kier molecular flexibility index (Phi) is 5.74. The number of para-hydroxylation sites is 1. The Morgan fingerprint density at radius 2 is 2.00 bits per heavy atom. The molecule has 0 heterocycles.